The molecule has 3 N–H and O–H groups in total. The molecule has 0 radical (unpaired) electrons. The first-order chi connectivity index (χ1) is 7.15. The Morgan fingerprint density at radius 3 is 2.80 bits per heavy atom. The van der Waals surface area contributed by atoms with Gasteiger partial charge in [-0.25, -0.2) is 0 Å². The van der Waals surface area contributed by atoms with Gasteiger partial charge in [-0.05, 0) is 20.0 Å². The van der Waals surface area contributed by atoms with E-state index in [0.717, 1.165) is 5.56 Å². The first kappa shape index (κ1) is 11.5. The largest absolute Gasteiger partial charge is 0.483 e. The standard InChI is InChI=1S/C11H16N2O2/c1-8(13-2)9-5-3-4-6-10(9)15-7-11(12)14/h3-6,8,13H,7H2,1-2H3,(H2,12,14). The molecule has 1 aromatic carbocycles. The second kappa shape index (κ2) is 5.36. The van der Waals surface area contributed by atoms with Crippen LogP contribution in [-0.4, -0.2) is 19.6 Å². The summed E-state index contributed by atoms with van der Waals surface area (Å²) >= 11 is 0. The summed E-state index contributed by atoms with van der Waals surface area (Å²) in [5.41, 5.74) is 6.03. The van der Waals surface area contributed by atoms with Gasteiger partial charge in [0.2, 0.25) is 0 Å². The smallest absolute Gasteiger partial charge is 0.255 e. The minimum atomic E-state index is -0.470. The molecule has 0 aliphatic heterocycles. The van der Waals surface area contributed by atoms with Gasteiger partial charge in [0.05, 0.1) is 0 Å². The number of rotatable bonds is 5. The maximum atomic E-state index is 10.6. The first-order valence-electron chi connectivity index (χ1n) is 4.82. The lowest BCUT2D eigenvalue weighted by molar-refractivity contribution is -0.119. The average Bonchev–Trinajstić information content (AvgIpc) is 2.25. The van der Waals surface area contributed by atoms with Crippen molar-refractivity contribution < 1.29 is 9.53 Å². The lowest BCUT2D eigenvalue weighted by Crippen LogP contribution is -2.21. The van der Waals surface area contributed by atoms with E-state index in [2.05, 4.69) is 5.32 Å². The number of nitrogens with two attached hydrogens (primary N) is 1. The minimum absolute atomic E-state index is 0.0898. The SMILES string of the molecule is CNC(C)c1ccccc1OCC(N)=O. The molecule has 4 nitrogen and oxygen atoms in total. The maximum Gasteiger partial charge on any atom is 0.255 e. The van der Waals surface area contributed by atoms with Gasteiger partial charge < -0.3 is 15.8 Å². The Hall–Kier alpha value is -1.55. The first-order valence-corrected chi connectivity index (χ1v) is 4.82. The van der Waals surface area contributed by atoms with E-state index >= 15 is 0 Å². The van der Waals surface area contributed by atoms with Crippen molar-refractivity contribution in [3.05, 3.63) is 29.8 Å². The van der Waals surface area contributed by atoms with Crippen LogP contribution in [0.25, 0.3) is 0 Å². The van der Waals surface area contributed by atoms with E-state index in [-0.39, 0.29) is 12.6 Å². The number of benzene rings is 1. The van der Waals surface area contributed by atoms with Crippen LogP contribution in [-0.2, 0) is 4.79 Å². The summed E-state index contributed by atoms with van der Waals surface area (Å²) in [6.07, 6.45) is 0. The number of ether oxygens (including phenoxy) is 1. The highest BCUT2D eigenvalue weighted by Gasteiger charge is 2.09. The van der Waals surface area contributed by atoms with E-state index in [0.29, 0.717) is 5.75 Å². The molecular formula is C11H16N2O2. The molecule has 0 spiro atoms. The van der Waals surface area contributed by atoms with E-state index < -0.39 is 5.91 Å². The topological polar surface area (TPSA) is 64.3 Å². The fourth-order valence-electron chi connectivity index (χ4n) is 1.27. The summed E-state index contributed by atoms with van der Waals surface area (Å²) in [6.45, 7) is 1.93. The van der Waals surface area contributed by atoms with Crippen molar-refractivity contribution in [2.24, 2.45) is 5.73 Å². The molecule has 0 aliphatic rings. The molecule has 1 atom stereocenters. The molecule has 1 amide bonds. The number of hydrogen-bond donors (Lipinski definition) is 2. The maximum absolute atomic E-state index is 10.6. The molecule has 0 saturated carbocycles. The Labute approximate surface area is 89.4 Å². The summed E-state index contributed by atoms with van der Waals surface area (Å²) < 4.78 is 5.31. The molecule has 0 saturated heterocycles. The number of amides is 1. The number of para-hydroxylation sites is 1. The van der Waals surface area contributed by atoms with Crippen LogP contribution >= 0.6 is 0 Å². The van der Waals surface area contributed by atoms with E-state index in [1.807, 2.05) is 38.2 Å². The number of nitrogens with one attached hydrogen (secondary N) is 1. The predicted molar refractivity (Wildman–Crippen MR) is 58.6 cm³/mol. The lowest BCUT2D eigenvalue weighted by atomic mass is 10.1. The molecule has 0 bridgehead atoms. The van der Waals surface area contributed by atoms with Crippen LogP contribution in [0, 0.1) is 0 Å². The summed E-state index contributed by atoms with van der Waals surface area (Å²) in [5.74, 6) is 0.222. The highest BCUT2D eigenvalue weighted by molar-refractivity contribution is 5.75. The minimum Gasteiger partial charge on any atom is -0.483 e. The molecule has 15 heavy (non-hydrogen) atoms. The predicted octanol–water partition coefficient (Wildman–Crippen LogP) is 0.831. The number of hydrogen-bond acceptors (Lipinski definition) is 3. The van der Waals surface area contributed by atoms with Crippen molar-refractivity contribution in [3.63, 3.8) is 0 Å². The molecule has 0 heterocycles. The summed E-state index contributed by atoms with van der Waals surface area (Å²) in [7, 11) is 1.87. The third kappa shape index (κ3) is 3.25. The van der Waals surface area contributed by atoms with Crippen LogP contribution in [0.3, 0.4) is 0 Å². The van der Waals surface area contributed by atoms with Gasteiger partial charge in [-0.2, -0.15) is 0 Å². The average molecular weight is 208 g/mol. The Kier molecular flexibility index (Phi) is 4.12. The fourth-order valence-corrected chi connectivity index (χ4v) is 1.27. The van der Waals surface area contributed by atoms with Crippen molar-refractivity contribution in [3.8, 4) is 5.75 Å². The Bertz CT molecular complexity index is 339. The molecule has 1 aromatic rings. The van der Waals surface area contributed by atoms with Gasteiger partial charge in [-0.1, -0.05) is 18.2 Å². The number of carbonyl (C=O) groups excluding carboxylic acids is 1. The Balaban J connectivity index is 2.81. The Morgan fingerprint density at radius 1 is 1.53 bits per heavy atom. The third-order valence-electron chi connectivity index (χ3n) is 2.19. The highest BCUT2D eigenvalue weighted by Crippen LogP contribution is 2.24. The van der Waals surface area contributed by atoms with Crippen molar-refractivity contribution in [2.75, 3.05) is 13.7 Å². The highest BCUT2D eigenvalue weighted by atomic mass is 16.5. The lowest BCUT2D eigenvalue weighted by Gasteiger charge is -2.15. The molecule has 82 valence electrons. The van der Waals surface area contributed by atoms with Crippen molar-refractivity contribution in [2.45, 2.75) is 13.0 Å². The quantitative estimate of drug-likeness (QED) is 0.753. The van der Waals surface area contributed by atoms with Crippen LogP contribution in [0.1, 0.15) is 18.5 Å². The summed E-state index contributed by atoms with van der Waals surface area (Å²) in [6, 6.07) is 7.75. The monoisotopic (exact) mass is 208 g/mol. The fraction of sp³-hybridized carbons (Fsp3) is 0.364. The van der Waals surface area contributed by atoms with E-state index in [9.17, 15) is 4.79 Å². The van der Waals surface area contributed by atoms with Crippen molar-refractivity contribution in [1.82, 2.24) is 5.32 Å². The van der Waals surface area contributed by atoms with Crippen LogP contribution in [0.2, 0.25) is 0 Å². The number of carbonyl (C=O) groups is 1. The molecule has 1 rings (SSSR count). The second-order valence-electron chi connectivity index (χ2n) is 3.30. The normalized spacial score (nSPS) is 12.1. The van der Waals surface area contributed by atoms with Crippen LogP contribution in [0.15, 0.2) is 24.3 Å². The van der Waals surface area contributed by atoms with Gasteiger partial charge in [-0.3, -0.25) is 4.79 Å². The summed E-state index contributed by atoms with van der Waals surface area (Å²) in [4.78, 5) is 10.6. The van der Waals surface area contributed by atoms with Crippen molar-refractivity contribution in [1.29, 1.82) is 0 Å². The number of primary amides is 1. The van der Waals surface area contributed by atoms with E-state index in [1.165, 1.54) is 0 Å². The van der Waals surface area contributed by atoms with Crippen LogP contribution in [0.4, 0.5) is 0 Å². The zero-order chi connectivity index (χ0) is 11.3. The van der Waals surface area contributed by atoms with Gasteiger partial charge in [0.25, 0.3) is 5.91 Å². The zero-order valence-electron chi connectivity index (χ0n) is 8.99. The molecule has 4 heteroatoms. The zero-order valence-corrected chi connectivity index (χ0v) is 8.99. The molecular weight excluding hydrogens is 192 g/mol. The van der Waals surface area contributed by atoms with Gasteiger partial charge in [0, 0.05) is 11.6 Å². The third-order valence-corrected chi connectivity index (χ3v) is 2.19. The molecule has 1 unspecified atom stereocenters. The van der Waals surface area contributed by atoms with Crippen LogP contribution < -0.4 is 15.8 Å². The van der Waals surface area contributed by atoms with E-state index in [1.54, 1.807) is 0 Å². The Morgan fingerprint density at radius 2 is 2.20 bits per heavy atom. The second-order valence-corrected chi connectivity index (χ2v) is 3.30. The van der Waals surface area contributed by atoms with E-state index in [4.69, 9.17) is 10.5 Å². The van der Waals surface area contributed by atoms with Crippen molar-refractivity contribution >= 4 is 5.91 Å². The van der Waals surface area contributed by atoms with Gasteiger partial charge in [0.1, 0.15) is 5.75 Å². The molecule has 0 aromatic heterocycles. The molecule has 0 aliphatic carbocycles. The van der Waals surface area contributed by atoms with Gasteiger partial charge in [0.15, 0.2) is 6.61 Å². The summed E-state index contributed by atoms with van der Waals surface area (Å²) in [5, 5.41) is 3.11. The van der Waals surface area contributed by atoms with Crippen LogP contribution in [0.5, 0.6) is 5.75 Å². The van der Waals surface area contributed by atoms with Gasteiger partial charge in [-0.15, -0.1) is 0 Å². The molecule has 0 fully saturated rings. The van der Waals surface area contributed by atoms with Gasteiger partial charge >= 0.3 is 0 Å².